The van der Waals surface area contributed by atoms with E-state index in [1.807, 2.05) is 63.2 Å². The van der Waals surface area contributed by atoms with E-state index in [1.54, 1.807) is 24.0 Å². The highest BCUT2D eigenvalue weighted by atomic mass is 32.2. The number of nitriles is 1. The predicted molar refractivity (Wildman–Crippen MR) is 150 cm³/mol. The molecule has 2 aliphatic heterocycles. The number of anilines is 1. The summed E-state index contributed by atoms with van der Waals surface area (Å²) in [5.74, 6) is 0.632. The summed E-state index contributed by atoms with van der Waals surface area (Å²) in [5, 5.41) is 11.2. The molecule has 0 saturated carbocycles. The Morgan fingerprint density at radius 1 is 1.08 bits per heavy atom. The van der Waals surface area contributed by atoms with E-state index >= 15 is 0 Å². The maximum absolute atomic E-state index is 13.3. The van der Waals surface area contributed by atoms with Crippen molar-refractivity contribution in [1.29, 1.82) is 5.26 Å². The number of amides is 1. The normalized spacial score (nSPS) is 19.2. The van der Waals surface area contributed by atoms with Crippen LogP contribution >= 0.6 is 0 Å². The molecular weight excluding hydrogens is 514 g/mol. The molecule has 1 saturated heterocycles. The molecule has 0 radical (unpaired) electrons. The van der Waals surface area contributed by atoms with Gasteiger partial charge in [-0.2, -0.15) is 5.26 Å². The SMILES string of the molecule is CCS(=O)(=O)N1c2ccc(O[C@H]3CCN(C(=O)OC(C)(C)C)C3)cc2C[C@@H]1c1ccc2ccc(C#N)cc2c1. The molecule has 0 bridgehead atoms. The molecule has 1 fully saturated rings. The first-order chi connectivity index (χ1) is 18.5. The Morgan fingerprint density at radius 3 is 2.56 bits per heavy atom. The Balaban J connectivity index is 1.39. The van der Waals surface area contributed by atoms with E-state index in [0.29, 0.717) is 42.9 Å². The molecule has 0 unspecified atom stereocenters. The van der Waals surface area contributed by atoms with Crippen LogP contribution in [0.5, 0.6) is 5.75 Å². The number of sulfonamides is 1. The van der Waals surface area contributed by atoms with E-state index in [-0.39, 0.29) is 18.0 Å². The van der Waals surface area contributed by atoms with Gasteiger partial charge in [0.2, 0.25) is 10.0 Å². The van der Waals surface area contributed by atoms with Gasteiger partial charge in [0.05, 0.1) is 35.7 Å². The zero-order valence-corrected chi connectivity index (χ0v) is 23.5. The summed E-state index contributed by atoms with van der Waals surface area (Å²) in [6, 6.07) is 18.7. The summed E-state index contributed by atoms with van der Waals surface area (Å²) >= 11 is 0. The van der Waals surface area contributed by atoms with Crippen molar-refractivity contribution in [2.75, 3.05) is 23.1 Å². The van der Waals surface area contributed by atoms with Gasteiger partial charge < -0.3 is 14.4 Å². The molecule has 9 heteroatoms. The minimum Gasteiger partial charge on any atom is -0.489 e. The van der Waals surface area contributed by atoms with Crippen LogP contribution in [0.1, 0.15) is 56.8 Å². The van der Waals surface area contributed by atoms with Crippen molar-refractivity contribution in [1.82, 2.24) is 4.90 Å². The third kappa shape index (κ3) is 5.52. The average molecular weight is 548 g/mol. The van der Waals surface area contributed by atoms with Crippen molar-refractivity contribution in [3.05, 3.63) is 71.3 Å². The highest BCUT2D eigenvalue weighted by Crippen LogP contribution is 2.44. The van der Waals surface area contributed by atoms with Crippen LogP contribution in [-0.4, -0.2) is 50.0 Å². The van der Waals surface area contributed by atoms with Crippen molar-refractivity contribution >= 4 is 32.6 Å². The van der Waals surface area contributed by atoms with E-state index in [4.69, 9.17) is 9.47 Å². The second-order valence-corrected chi connectivity index (χ2v) is 13.2. The molecular formula is C30H33N3O5S. The molecule has 2 aliphatic rings. The minimum atomic E-state index is -3.56. The average Bonchev–Trinajstić information content (AvgIpc) is 3.52. The van der Waals surface area contributed by atoms with Gasteiger partial charge in [-0.15, -0.1) is 0 Å². The van der Waals surface area contributed by atoms with Gasteiger partial charge in [0, 0.05) is 19.4 Å². The topological polar surface area (TPSA) is 99.9 Å². The smallest absolute Gasteiger partial charge is 0.410 e. The number of hydrogen-bond acceptors (Lipinski definition) is 6. The molecule has 0 N–H and O–H groups in total. The Kier molecular flexibility index (Phi) is 6.93. The number of rotatable bonds is 5. The number of fused-ring (bicyclic) bond motifs is 2. The number of nitrogens with zero attached hydrogens (tertiary/aromatic N) is 3. The predicted octanol–water partition coefficient (Wildman–Crippen LogP) is 5.55. The van der Waals surface area contributed by atoms with Gasteiger partial charge in [-0.05, 0) is 86.0 Å². The van der Waals surface area contributed by atoms with Gasteiger partial charge in [-0.1, -0.05) is 18.2 Å². The molecule has 3 aromatic rings. The lowest BCUT2D eigenvalue weighted by atomic mass is 9.98. The van der Waals surface area contributed by atoms with Crippen LogP contribution in [0.2, 0.25) is 0 Å². The molecule has 0 spiro atoms. The fraction of sp³-hybridized carbons (Fsp3) is 0.400. The van der Waals surface area contributed by atoms with E-state index in [9.17, 15) is 18.5 Å². The Labute approximate surface area is 229 Å². The highest BCUT2D eigenvalue weighted by Gasteiger charge is 2.38. The molecule has 3 aromatic carbocycles. The first-order valence-corrected chi connectivity index (χ1v) is 14.8. The second-order valence-electron chi connectivity index (χ2n) is 11.1. The largest absolute Gasteiger partial charge is 0.489 e. The Bertz CT molecular complexity index is 1570. The number of likely N-dealkylation sites (tertiary alicyclic amines) is 1. The van der Waals surface area contributed by atoms with Crippen LogP contribution in [0.25, 0.3) is 10.8 Å². The number of ether oxygens (including phenoxy) is 2. The molecule has 2 atom stereocenters. The van der Waals surface area contributed by atoms with Crippen LogP contribution in [0, 0.1) is 11.3 Å². The van der Waals surface area contributed by atoms with Gasteiger partial charge in [-0.3, -0.25) is 4.31 Å². The molecule has 0 aromatic heterocycles. The minimum absolute atomic E-state index is 0.0179. The van der Waals surface area contributed by atoms with Crippen LogP contribution in [0.4, 0.5) is 10.5 Å². The van der Waals surface area contributed by atoms with Crippen LogP contribution in [0.3, 0.4) is 0 Å². The first-order valence-electron chi connectivity index (χ1n) is 13.2. The van der Waals surface area contributed by atoms with Crippen LogP contribution in [-0.2, 0) is 21.2 Å². The van der Waals surface area contributed by atoms with Gasteiger partial charge in [-0.25, -0.2) is 13.2 Å². The van der Waals surface area contributed by atoms with Gasteiger partial charge in [0.1, 0.15) is 17.5 Å². The summed E-state index contributed by atoms with van der Waals surface area (Å²) < 4.78 is 39.8. The summed E-state index contributed by atoms with van der Waals surface area (Å²) in [7, 11) is -3.56. The Hall–Kier alpha value is -3.77. The summed E-state index contributed by atoms with van der Waals surface area (Å²) in [6.07, 6.45) is 0.683. The fourth-order valence-electron chi connectivity index (χ4n) is 5.26. The fourth-order valence-corrected chi connectivity index (χ4v) is 6.60. The van der Waals surface area contributed by atoms with Crippen LogP contribution in [0.15, 0.2) is 54.6 Å². The van der Waals surface area contributed by atoms with E-state index in [1.165, 1.54) is 4.31 Å². The molecule has 204 valence electrons. The molecule has 2 heterocycles. The van der Waals surface area contributed by atoms with Gasteiger partial charge >= 0.3 is 6.09 Å². The van der Waals surface area contributed by atoms with Crippen molar-refractivity contribution in [2.24, 2.45) is 0 Å². The van der Waals surface area contributed by atoms with Crippen molar-refractivity contribution in [3.8, 4) is 11.8 Å². The number of carbonyl (C=O) groups is 1. The zero-order chi connectivity index (χ0) is 27.9. The molecule has 1 amide bonds. The van der Waals surface area contributed by atoms with E-state index in [0.717, 1.165) is 21.9 Å². The third-order valence-corrected chi connectivity index (χ3v) is 8.91. The second kappa shape index (κ2) is 10.1. The zero-order valence-electron chi connectivity index (χ0n) is 22.7. The molecule has 39 heavy (non-hydrogen) atoms. The van der Waals surface area contributed by atoms with Gasteiger partial charge in [0.15, 0.2) is 0 Å². The lowest BCUT2D eigenvalue weighted by molar-refractivity contribution is 0.0275. The summed E-state index contributed by atoms with van der Waals surface area (Å²) in [6.45, 7) is 8.18. The van der Waals surface area contributed by atoms with E-state index in [2.05, 4.69) is 6.07 Å². The maximum Gasteiger partial charge on any atom is 0.410 e. The molecule has 8 nitrogen and oxygen atoms in total. The highest BCUT2D eigenvalue weighted by molar-refractivity contribution is 7.92. The van der Waals surface area contributed by atoms with Crippen molar-refractivity contribution in [2.45, 2.75) is 58.3 Å². The summed E-state index contributed by atoms with van der Waals surface area (Å²) in [5.41, 5.74) is 2.42. The number of benzene rings is 3. The van der Waals surface area contributed by atoms with Gasteiger partial charge in [0.25, 0.3) is 0 Å². The molecule has 5 rings (SSSR count). The number of carbonyl (C=O) groups excluding carboxylic acids is 1. The monoisotopic (exact) mass is 547 g/mol. The van der Waals surface area contributed by atoms with Crippen LogP contribution < -0.4 is 9.04 Å². The molecule has 0 aliphatic carbocycles. The Morgan fingerprint density at radius 2 is 1.85 bits per heavy atom. The van der Waals surface area contributed by atoms with Crippen molar-refractivity contribution < 1.29 is 22.7 Å². The lowest BCUT2D eigenvalue weighted by Crippen LogP contribution is -2.36. The third-order valence-electron chi connectivity index (χ3n) is 7.13. The van der Waals surface area contributed by atoms with E-state index < -0.39 is 21.7 Å². The maximum atomic E-state index is 13.3. The quantitative estimate of drug-likeness (QED) is 0.415. The lowest BCUT2D eigenvalue weighted by Gasteiger charge is -2.27. The standard InChI is InChI=1S/C30H33N3O5S/c1-5-39(35,36)33-27-11-10-25(37-26-12-13-32(19-26)29(34)38-30(2,3)4)16-24(27)17-28(33)22-9-8-21-7-6-20(18-31)14-23(21)15-22/h6-11,14-16,26,28H,5,12-13,17,19H2,1-4H3/t26-,28+/m0/s1. The number of hydrogen-bond donors (Lipinski definition) is 0. The first kappa shape index (κ1) is 26.8. The summed E-state index contributed by atoms with van der Waals surface area (Å²) in [4.78, 5) is 14.1. The van der Waals surface area contributed by atoms with Crippen molar-refractivity contribution in [3.63, 3.8) is 0 Å².